The average molecular weight is 684 g/mol. The van der Waals surface area contributed by atoms with Gasteiger partial charge in [-0.2, -0.15) is 0 Å². The summed E-state index contributed by atoms with van der Waals surface area (Å²) in [5.74, 6) is -0.260. The predicted molar refractivity (Wildman–Crippen MR) is 219 cm³/mol. The van der Waals surface area contributed by atoms with Gasteiger partial charge in [0.05, 0.1) is 22.8 Å². The lowest BCUT2D eigenvalue weighted by Crippen LogP contribution is -2.06. The monoisotopic (exact) mass is 683 g/mol. The number of nitrogens with one attached hydrogen (secondary N) is 3. The molecular formula is C47H33N5O. The van der Waals surface area contributed by atoms with E-state index in [1.807, 2.05) is 42.5 Å². The summed E-state index contributed by atoms with van der Waals surface area (Å²) in [6.45, 7) is 3.58. The molecule has 2 aliphatic heterocycles. The smallest absolute Gasteiger partial charge is 0.247 e. The van der Waals surface area contributed by atoms with Crippen LogP contribution in [0.2, 0.25) is 0 Å². The van der Waals surface area contributed by atoms with Crippen molar-refractivity contribution in [2.45, 2.75) is 0 Å². The maximum atomic E-state index is 12.1. The number of H-pyrrole nitrogens is 2. The van der Waals surface area contributed by atoms with Gasteiger partial charge in [0.1, 0.15) is 0 Å². The second-order valence-corrected chi connectivity index (χ2v) is 12.9. The summed E-state index contributed by atoms with van der Waals surface area (Å²) in [4.78, 5) is 30.3. The van der Waals surface area contributed by atoms with Crippen LogP contribution in [0.3, 0.4) is 0 Å². The van der Waals surface area contributed by atoms with Crippen molar-refractivity contribution >= 4 is 58.0 Å². The number of amides is 1. The van der Waals surface area contributed by atoms with Crippen LogP contribution in [0.1, 0.15) is 22.8 Å². The Labute approximate surface area is 306 Å². The van der Waals surface area contributed by atoms with Crippen LogP contribution >= 0.6 is 0 Å². The molecule has 0 spiro atoms. The lowest BCUT2D eigenvalue weighted by atomic mass is 10.0. The lowest BCUT2D eigenvalue weighted by Gasteiger charge is -2.08. The van der Waals surface area contributed by atoms with Crippen molar-refractivity contribution in [3.8, 4) is 44.5 Å². The molecule has 4 aromatic carbocycles. The highest BCUT2D eigenvalue weighted by atomic mass is 16.1. The SMILES string of the molecule is C=CC(=O)Nc1ccc(-c2c3nc(c(-c4ccccc4)c4ccc([nH]4)c(-c4ccccc4)c4nc(c(-c5ccccc5)c5ccc2[nH]5)C=C4)C=C3)cc1. The predicted octanol–water partition coefficient (Wildman–Crippen LogP) is 11.4. The van der Waals surface area contributed by atoms with Crippen molar-refractivity contribution in [3.05, 3.63) is 175 Å². The van der Waals surface area contributed by atoms with E-state index in [0.717, 1.165) is 89.4 Å². The minimum absolute atomic E-state index is 0.260. The van der Waals surface area contributed by atoms with Crippen molar-refractivity contribution in [1.29, 1.82) is 0 Å². The molecule has 53 heavy (non-hydrogen) atoms. The Morgan fingerprint density at radius 2 is 0.774 bits per heavy atom. The summed E-state index contributed by atoms with van der Waals surface area (Å²) in [5, 5.41) is 2.86. The number of aromatic nitrogens is 4. The molecule has 6 nitrogen and oxygen atoms in total. The summed E-state index contributed by atoms with van der Waals surface area (Å²) < 4.78 is 0. The molecule has 0 saturated carbocycles. The van der Waals surface area contributed by atoms with E-state index in [1.165, 1.54) is 6.08 Å². The minimum Gasteiger partial charge on any atom is -0.354 e. The summed E-state index contributed by atoms with van der Waals surface area (Å²) in [7, 11) is 0. The van der Waals surface area contributed by atoms with Crippen LogP contribution in [0.5, 0.6) is 0 Å². The molecule has 7 aromatic rings. The molecule has 0 atom stereocenters. The van der Waals surface area contributed by atoms with Crippen LogP contribution in [-0.4, -0.2) is 25.8 Å². The van der Waals surface area contributed by atoms with Gasteiger partial charge < -0.3 is 15.3 Å². The van der Waals surface area contributed by atoms with Crippen molar-refractivity contribution in [3.63, 3.8) is 0 Å². The molecule has 1 amide bonds. The van der Waals surface area contributed by atoms with Gasteiger partial charge in [0.2, 0.25) is 5.91 Å². The number of fused-ring (bicyclic) bond motifs is 8. The molecular weight excluding hydrogens is 651 g/mol. The van der Waals surface area contributed by atoms with E-state index in [0.29, 0.717) is 5.69 Å². The Bertz CT molecular complexity index is 2720. The first-order valence-corrected chi connectivity index (χ1v) is 17.5. The highest BCUT2D eigenvalue weighted by Gasteiger charge is 2.19. The standard InChI is InChI=1S/C47H33N5O/c1-2-43(53)48-34-20-18-33(19-21-34)47-41-28-26-39(51-41)45(31-14-8-4-9-15-31)37-24-22-35(49-37)44(30-12-6-3-7-13-30)36-23-25-38(50-36)46(32-16-10-5-11-17-32)40-27-29-42(47)52-40/h2-29,49,52H,1H2,(H,48,53). The zero-order valence-electron chi connectivity index (χ0n) is 28.7. The Kier molecular flexibility index (Phi) is 8.02. The van der Waals surface area contributed by atoms with Crippen LogP contribution in [0.25, 0.3) is 90.9 Å². The van der Waals surface area contributed by atoms with Gasteiger partial charge >= 0.3 is 0 Å². The number of hydrogen-bond donors (Lipinski definition) is 3. The van der Waals surface area contributed by atoms with Crippen molar-refractivity contribution in [2.24, 2.45) is 0 Å². The van der Waals surface area contributed by atoms with Crippen LogP contribution in [0, 0.1) is 0 Å². The molecule has 3 aromatic heterocycles. The fourth-order valence-corrected chi connectivity index (χ4v) is 7.15. The average Bonchev–Trinajstić information content (AvgIpc) is 4.05. The third kappa shape index (κ3) is 5.98. The van der Waals surface area contributed by atoms with Gasteiger partial charge in [-0.25, -0.2) is 9.97 Å². The van der Waals surface area contributed by atoms with Gasteiger partial charge in [-0.1, -0.05) is 110 Å². The van der Waals surface area contributed by atoms with Crippen LogP contribution in [0.15, 0.2) is 152 Å². The number of carbonyl (C=O) groups excluding carboxylic acids is 1. The number of hydrogen-bond acceptors (Lipinski definition) is 3. The van der Waals surface area contributed by atoms with E-state index in [9.17, 15) is 4.79 Å². The second-order valence-electron chi connectivity index (χ2n) is 12.9. The topological polar surface area (TPSA) is 86.5 Å². The van der Waals surface area contributed by atoms with E-state index in [1.54, 1.807) is 0 Å². The summed E-state index contributed by atoms with van der Waals surface area (Å²) in [5.41, 5.74) is 15.9. The third-order valence-corrected chi connectivity index (χ3v) is 9.57. The maximum Gasteiger partial charge on any atom is 0.247 e. The molecule has 0 saturated heterocycles. The van der Waals surface area contributed by atoms with Crippen molar-refractivity contribution in [2.75, 3.05) is 5.32 Å². The molecule has 3 N–H and O–H groups in total. The van der Waals surface area contributed by atoms with E-state index in [-0.39, 0.29) is 5.91 Å². The summed E-state index contributed by atoms with van der Waals surface area (Å²) in [6.07, 6.45) is 9.65. The Hall–Kier alpha value is -7.31. The molecule has 6 heteroatoms. The summed E-state index contributed by atoms with van der Waals surface area (Å²) in [6, 6.07) is 47.5. The molecule has 0 fully saturated rings. The third-order valence-electron chi connectivity index (χ3n) is 9.57. The first kappa shape index (κ1) is 31.7. The zero-order chi connectivity index (χ0) is 35.7. The molecule has 0 unspecified atom stereocenters. The molecule has 9 rings (SSSR count). The van der Waals surface area contributed by atoms with Crippen LogP contribution < -0.4 is 5.32 Å². The van der Waals surface area contributed by atoms with Crippen LogP contribution in [0.4, 0.5) is 5.69 Å². The molecule has 252 valence electrons. The van der Waals surface area contributed by atoms with Gasteiger partial charge in [0, 0.05) is 50.0 Å². The number of nitrogens with zero attached hydrogens (tertiary/aromatic N) is 2. The molecule has 5 heterocycles. The number of anilines is 1. The van der Waals surface area contributed by atoms with E-state index >= 15 is 0 Å². The lowest BCUT2D eigenvalue weighted by molar-refractivity contribution is -0.111. The van der Waals surface area contributed by atoms with Gasteiger partial charge in [-0.3, -0.25) is 4.79 Å². The zero-order valence-corrected chi connectivity index (χ0v) is 28.7. The van der Waals surface area contributed by atoms with E-state index in [4.69, 9.17) is 9.97 Å². The van der Waals surface area contributed by atoms with E-state index in [2.05, 4.69) is 143 Å². The Morgan fingerprint density at radius 3 is 1.09 bits per heavy atom. The highest BCUT2D eigenvalue weighted by molar-refractivity contribution is 6.01. The quantitative estimate of drug-likeness (QED) is 0.152. The van der Waals surface area contributed by atoms with Gasteiger partial charge in [-0.15, -0.1) is 0 Å². The Morgan fingerprint density at radius 1 is 0.453 bits per heavy atom. The van der Waals surface area contributed by atoms with Gasteiger partial charge in [-0.05, 0) is 89.0 Å². The number of rotatable bonds is 6. The fraction of sp³-hybridized carbons (Fsp3) is 0. The van der Waals surface area contributed by atoms with Crippen LogP contribution in [-0.2, 0) is 4.79 Å². The molecule has 2 aliphatic rings. The van der Waals surface area contributed by atoms with Gasteiger partial charge in [0.15, 0.2) is 0 Å². The molecule has 8 bridgehead atoms. The van der Waals surface area contributed by atoms with Gasteiger partial charge in [0.25, 0.3) is 0 Å². The van der Waals surface area contributed by atoms with Crippen molar-refractivity contribution < 1.29 is 4.79 Å². The first-order chi connectivity index (χ1) is 26.1. The van der Waals surface area contributed by atoms with E-state index < -0.39 is 0 Å². The van der Waals surface area contributed by atoms with Crippen molar-refractivity contribution in [1.82, 2.24) is 19.9 Å². The number of aromatic amines is 2. The summed E-state index contributed by atoms with van der Waals surface area (Å²) >= 11 is 0. The second kappa shape index (κ2) is 13.4. The fourth-order valence-electron chi connectivity index (χ4n) is 7.15. The first-order valence-electron chi connectivity index (χ1n) is 17.5. The number of benzene rings is 4. The maximum absolute atomic E-state index is 12.1. The highest BCUT2D eigenvalue weighted by Crippen LogP contribution is 2.38. The molecule has 0 radical (unpaired) electrons. The number of carbonyl (C=O) groups is 1. The normalized spacial score (nSPS) is 11.8. The largest absolute Gasteiger partial charge is 0.354 e. The minimum atomic E-state index is -0.260. The molecule has 0 aliphatic carbocycles. The Balaban J connectivity index is 1.42.